The first-order valence-electron chi connectivity index (χ1n) is 3.67. The van der Waals surface area contributed by atoms with Crippen LogP contribution in [0, 0.1) is 0 Å². The highest BCUT2D eigenvalue weighted by molar-refractivity contribution is 5.74. The summed E-state index contributed by atoms with van der Waals surface area (Å²) in [6, 6.07) is -0.00718. The van der Waals surface area contributed by atoms with Gasteiger partial charge in [0.25, 0.3) is 0 Å². The molecule has 0 aromatic carbocycles. The van der Waals surface area contributed by atoms with Crippen molar-refractivity contribution in [2.75, 3.05) is 13.2 Å². The van der Waals surface area contributed by atoms with E-state index in [4.69, 9.17) is 10.9 Å². The number of hydrogen-bond donors (Lipinski definition) is 3. The first kappa shape index (κ1) is 8.29. The minimum Gasteiger partial charge on any atom is -0.395 e. The molecular weight excluding hydrogens is 146 g/mol. The summed E-state index contributed by atoms with van der Waals surface area (Å²) in [6.07, 6.45) is 2.04. The zero-order valence-corrected chi connectivity index (χ0v) is 6.29. The number of rotatable bonds is 3. The summed E-state index contributed by atoms with van der Waals surface area (Å²) < 4.78 is 0. The van der Waals surface area contributed by atoms with Crippen LogP contribution < -0.4 is 11.3 Å². The van der Waals surface area contributed by atoms with Crippen LogP contribution in [0.2, 0.25) is 0 Å². The Morgan fingerprint density at radius 1 is 1.73 bits per heavy atom. The van der Waals surface area contributed by atoms with Crippen molar-refractivity contribution in [3.05, 3.63) is 0 Å². The lowest BCUT2D eigenvalue weighted by molar-refractivity contribution is 0.174. The molecular formula is C6H13N3O2. The molecule has 0 aliphatic heterocycles. The number of hydrogen-bond acceptors (Lipinski definition) is 3. The number of nitrogens with two attached hydrogens (primary N) is 1. The topological polar surface area (TPSA) is 78.6 Å². The summed E-state index contributed by atoms with van der Waals surface area (Å²) in [4.78, 5) is 12.5. The summed E-state index contributed by atoms with van der Waals surface area (Å²) in [5.74, 6) is 4.95. The molecule has 64 valence electrons. The smallest absolute Gasteiger partial charge is 0.331 e. The summed E-state index contributed by atoms with van der Waals surface area (Å²) in [5.41, 5.74) is 2.05. The van der Waals surface area contributed by atoms with Crippen molar-refractivity contribution in [2.24, 2.45) is 5.84 Å². The number of amides is 2. The molecule has 0 aromatic heterocycles. The molecule has 0 spiro atoms. The number of carbonyl (C=O) groups excluding carboxylic acids is 1. The van der Waals surface area contributed by atoms with E-state index in [1.54, 1.807) is 4.90 Å². The number of nitrogens with zero attached hydrogens (tertiary/aromatic N) is 1. The van der Waals surface area contributed by atoms with Crippen molar-refractivity contribution < 1.29 is 9.90 Å². The number of carbonyl (C=O) groups is 1. The standard InChI is InChI=1S/C6H13N3O2/c7-8-6(11)9(3-4-10)5-1-2-5/h5,10H,1-4,7H2,(H,8,11). The third kappa shape index (κ3) is 2.06. The van der Waals surface area contributed by atoms with Crippen molar-refractivity contribution in [3.8, 4) is 0 Å². The molecule has 0 saturated heterocycles. The van der Waals surface area contributed by atoms with Crippen LogP contribution in [-0.4, -0.2) is 35.2 Å². The maximum Gasteiger partial charge on any atom is 0.331 e. The summed E-state index contributed by atoms with van der Waals surface area (Å²) in [7, 11) is 0. The van der Waals surface area contributed by atoms with Crippen molar-refractivity contribution in [2.45, 2.75) is 18.9 Å². The molecule has 0 unspecified atom stereocenters. The van der Waals surface area contributed by atoms with E-state index in [1.165, 1.54) is 0 Å². The van der Waals surface area contributed by atoms with Crippen LogP contribution in [0.25, 0.3) is 0 Å². The predicted octanol–water partition coefficient (Wildman–Crippen LogP) is -0.974. The maximum atomic E-state index is 11.0. The van der Waals surface area contributed by atoms with Crippen LogP contribution >= 0.6 is 0 Å². The van der Waals surface area contributed by atoms with Crippen LogP contribution in [0.3, 0.4) is 0 Å². The molecule has 0 atom stereocenters. The van der Waals surface area contributed by atoms with Gasteiger partial charge in [0, 0.05) is 12.6 Å². The Morgan fingerprint density at radius 2 is 2.36 bits per heavy atom. The molecule has 1 aliphatic rings. The van der Waals surface area contributed by atoms with Crippen LogP contribution in [0.5, 0.6) is 0 Å². The molecule has 1 fully saturated rings. The van der Waals surface area contributed by atoms with Gasteiger partial charge in [0.2, 0.25) is 0 Å². The van der Waals surface area contributed by atoms with E-state index in [9.17, 15) is 4.79 Å². The number of hydrazine groups is 1. The number of aliphatic hydroxyl groups excluding tert-OH is 1. The highest BCUT2D eigenvalue weighted by atomic mass is 16.3. The average molecular weight is 159 g/mol. The van der Waals surface area contributed by atoms with Crippen LogP contribution in [0.4, 0.5) is 4.79 Å². The molecule has 5 nitrogen and oxygen atoms in total. The maximum absolute atomic E-state index is 11.0. The van der Waals surface area contributed by atoms with Gasteiger partial charge in [-0.1, -0.05) is 0 Å². The van der Waals surface area contributed by atoms with Crippen molar-refractivity contribution in [1.82, 2.24) is 10.3 Å². The predicted molar refractivity (Wildman–Crippen MR) is 39.5 cm³/mol. The normalized spacial score (nSPS) is 16.2. The lowest BCUT2D eigenvalue weighted by Crippen LogP contribution is -2.45. The lowest BCUT2D eigenvalue weighted by Gasteiger charge is -2.19. The van der Waals surface area contributed by atoms with Crippen LogP contribution in [-0.2, 0) is 0 Å². The Bertz CT molecular complexity index is 147. The minimum atomic E-state index is -0.304. The molecule has 1 aliphatic carbocycles. The second-order valence-electron chi connectivity index (χ2n) is 2.60. The van der Waals surface area contributed by atoms with Gasteiger partial charge in [0.1, 0.15) is 0 Å². The zero-order valence-electron chi connectivity index (χ0n) is 6.29. The van der Waals surface area contributed by atoms with Gasteiger partial charge < -0.3 is 10.0 Å². The Labute approximate surface area is 65.1 Å². The average Bonchev–Trinajstić information content (AvgIpc) is 2.81. The molecule has 0 bridgehead atoms. The van der Waals surface area contributed by atoms with Gasteiger partial charge in [-0.15, -0.1) is 0 Å². The molecule has 1 rings (SSSR count). The summed E-state index contributed by atoms with van der Waals surface area (Å²) in [5, 5.41) is 8.60. The zero-order chi connectivity index (χ0) is 8.27. The highest BCUT2D eigenvalue weighted by Gasteiger charge is 2.31. The van der Waals surface area contributed by atoms with E-state index in [2.05, 4.69) is 0 Å². The number of nitrogens with one attached hydrogen (secondary N) is 1. The molecule has 1 saturated carbocycles. The number of urea groups is 1. The minimum absolute atomic E-state index is 0.0100. The third-order valence-corrected chi connectivity index (χ3v) is 1.71. The van der Waals surface area contributed by atoms with E-state index < -0.39 is 0 Å². The van der Waals surface area contributed by atoms with Crippen molar-refractivity contribution in [1.29, 1.82) is 0 Å². The van der Waals surface area contributed by atoms with Gasteiger partial charge >= 0.3 is 6.03 Å². The van der Waals surface area contributed by atoms with Gasteiger partial charge in [-0.05, 0) is 12.8 Å². The fourth-order valence-corrected chi connectivity index (χ4v) is 1.03. The Hall–Kier alpha value is -0.810. The second-order valence-corrected chi connectivity index (χ2v) is 2.60. The van der Waals surface area contributed by atoms with E-state index in [-0.39, 0.29) is 12.6 Å². The molecule has 5 heteroatoms. The van der Waals surface area contributed by atoms with Gasteiger partial charge in [-0.3, -0.25) is 5.43 Å². The SMILES string of the molecule is NNC(=O)N(CCO)C1CC1. The third-order valence-electron chi connectivity index (χ3n) is 1.71. The molecule has 2 amide bonds. The van der Waals surface area contributed by atoms with Crippen LogP contribution in [0.1, 0.15) is 12.8 Å². The van der Waals surface area contributed by atoms with E-state index in [1.807, 2.05) is 5.43 Å². The van der Waals surface area contributed by atoms with Gasteiger partial charge in [-0.2, -0.15) is 0 Å². The van der Waals surface area contributed by atoms with E-state index >= 15 is 0 Å². The monoisotopic (exact) mass is 159 g/mol. The summed E-state index contributed by atoms with van der Waals surface area (Å²) in [6.45, 7) is 0.359. The first-order chi connectivity index (χ1) is 5.29. The first-order valence-corrected chi connectivity index (χ1v) is 3.67. The second kappa shape index (κ2) is 3.54. The van der Waals surface area contributed by atoms with Crippen molar-refractivity contribution in [3.63, 3.8) is 0 Å². The quantitative estimate of drug-likeness (QED) is 0.281. The van der Waals surface area contributed by atoms with E-state index in [0.29, 0.717) is 12.6 Å². The molecule has 0 heterocycles. The fraction of sp³-hybridized carbons (Fsp3) is 0.833. The Morgan fingerprint density at radius 3 is 2.73 bits per heavy atom. The Balaban J connectivity index is 2.37. The largest absolute Gasteiger partial charge is 0.395 e. The summed E-state index contributed by atoms with van der Waals surface area (Å²) >= 11 is 0. The Kier molecular flexibility index (Phi) is 2.67. The molecule has 4 N–H and O–H groups in total. The number of aliphatic hydroxyl groups is 1. The van der Waals surface area contributed by atoms with Crippen LogP contribution in [0.15, 0.2) is 0 Å². The van der Waals surface area contributed by atoms with Gasteiger partial charge in [0.05, 0.1) is 6.61 Å². The van der Waals surface area contributed by atoms with E-state index in [0.717, 1.165) is 12.8 Å². The van der Waals surface area contributed by atoms with Crippen molar-refractivity contribution >= 4 is 6.03 Å². The van der Waals surface area contributed by atoms with Gasteiger partial charge in [-0.25, -0.2) is 10.6 Å². The molecule has 11 heavy (non-hydrogen) atoms. The molecule has 0 radical (unpaired) electrons. The van der Waals surface area contributed by atoms with Gasteiger partial charge in [0.15, 0.2) is 0 Å². The fourth-order valence-electron chi connectivity index (χ4n) is 1.03. The lowest BCUT2D eigenvalue weighted by atomic mass is 10.5. The highest BCUT2D eigenvalue weighted by Crippen LogP contribution is 2.26. The molecule has 0 aromatic rings.